The lowest BCUT2D eigenvalue weighted by Crippen LogP contribution is -2.49. The van der Waals surface area contributed by atoms with Gasteiger partial charge < -0.3 is 21.1 Å². The molecule has 0 atom stereocenters. The Morgan fingerprint density at radius 1 is 1.03 bits per heavy atom. The first kappa shape index (κ1) is 26.4. The Morgan fingerprint density at radius 3 is 2.14 bits per heavy atom. The second-order valence-corrected chi connectivity index (χ2v) is 9.47. The molecule has 1 amide bonds. The molecule has 0 saturated heterocycles. The van der Waals surface area contributed by atoms with Gasteiger partial charge in [0.1, 0.15) is 0 Å². The molecule has 0 radical (unpaired) electrons. The van der Waals surface area contributed by atoms with Crippen LogP contribution in [0, 0.1) is 17.0 Å². The summed E-state index contributed by atoms with van der Waals surface area (Å²) >= 11 is 0. The molecule has 0 spiro atoms. The maximum Gasteiger partial charge on any atom is 0.451 e. The first-order valence-electron chi connectivity index (χ1n) is 11.2. The van der Waals surface area contributed by atoms with Crippen molar-refractivity contribution in [3.8, 4) is 17.2 Å². The van der Waals surface area contributed by atoms with Crippen molar-refractivity contribution in [2.75, 3.05) is 6.54 Å². The van der Waals surface area contributed by atoms with Crippen LogP contribution >= 0.6 is 0 Å². The third-order valence-corrected chi connectivity index (χ3v) is 7.36. The summed E-state index contributed by atoms with van der Waals surface area (Å²) in [6, 6.07) is 1.57. The van der Waals surface area contributed by atoms with E-state index >= 15 is 0 Å². The van der Waals surface area contributed by atoms with Crippen molar-refractivity contribution in [2.45, 2.75) is 50.1 Å². The molecular weight excluding hydrogens is 503 g/mol. The lowest BCUT2D eigenvalue weighted by Gasteiger charge is -2.52. The first-order valence-corrected chi connectivity index (χ1v) is 11.2. The van der Waals surface area contributed by atoms with Gasteiger partial charge >= 0.3 is 6.18 Å². The first-order chi connectivity index (χ1) is 17.0. The highest BCUT2D eigenvalue weighted by Gasteiger charge is 2.51. The lowest BCUT2D eigenvalue weighted by atomic mass is 9.53. The van der Waals surface area contributed by atoms with E-state index in [2.05, 4.69) is 25.4 Å². The van der Waals surface area contributed by atoms with Gasteiger partial charge in [0, 0.05) is 29.9 Å². The molecule has 0 unspecified atom stereocenters. The molecule has 0 aliphatic heterocycles. The number of hydrogen-bond donors (Lipinski definition) is 3. The molecule has 37 heavy (non-hydrogen) atoms. The molecule has 198 valence electrons. The number of nitrogens with one attached hydrogen (secondary N) is 1. The molecule has 2 aromatic heterocycles. The van der Waals surface area contributed by atoms with Gasteiger partial charge in [-0.2, -0.15) is 18.2 Å². The molecule has 14 heteroatoms. The molecule has 3 aliphatic rings. The van der Waals surface area contributed by atoms with E-state index in [9.17, 15) is 31.9 Å². The Labute approximate surface area is 207 Å². The topological polar surface area (TPSA) is 149 Å². The summed E-state index contributed by atoms with van der Waals surface area (Å²) < 4.78 is 70.5. The number of fused-ring (bicyclic) bond motifs is 3. The van der Waals surface area contributed by atoms with Crippen molar-refractivity contribution >= 4 is 5.91 Å². The van der Waals surface area contributed by atoms with Crippen LogP contribution in [0.5, 0.6) is 5.75 Å². The average molecular weight is 526 g/mol. The van der Waals surface area contributed by atoms with Gasteiger partial charge in [0.05, 0.1) is 5.56 Å². The molecule has 6 rings (SSSR count). The molecular formula is C23H23F5N6O3. The van der Waals surface area contributed by atoms with Crippen molar-refractivity contribution in [1.29, 1.82) is 0 Å². The second kappa shape index (κ2) is 9.32. The fourth-order valence-electron chi connectivity index (χ4n) is 5.07. The predicted octanol–water partition coefficient (Wildman–Crippen LogP) is 4.71. The summed E-state index contributed by atoms with van der Waals surface area (Å²) in [5.41, 5.74) is -0.557. The number of hydrogen-bond acceptors (Lipinski definition) is 8. The summed E-state index contributed by atoms with van der Waals surface area (Å²) in [7, 11) is 0. The Balaban J connectivity index is 0.00000320. The minimum absolute atomic E-state index is 0. The Morgan fingerprint density at radius 2 is 1.59 bits per heavy atom. The van der Waals surface area contributed by atoms with Gasteiger partial charge in [-0.1, -0.05) is 5.16 Å². The van der Waals surface area contributed by atoms with Gasteiger partial charge in [0.15, 0.2) is 23.2 Å². The van der Waals surface area contributed by atoms with Crippen molar-refractivity contribution in [3.05, 3.63) is 53.4 Å². The van der Waals surface area contributed by atoms with Crippen LogP contribution in [0.1, 0.15) is 60.5 Å². The number of carbonyl (C=O) groups is 1. The summed E-state index contributed by atoms with van der Waals surface area (Å²) in [5.74, 6) is -4.92. The number of carbonyl (C=O) groups excluding carboxylic acids is 1. The normalized spacial score (nSPS) is 22.9. The van der Waals surface area contributed by atoms with Gasteiger partial charge in [-0.3, -0.25) is 4.79 Å². The Kier molecular flexibility index (Phi) is 6.65. The smallest absolute Gasteiger partial charge is 0.451 e. The number of nitrogens with zero attached hydrogens (tertiary/aromatic N) is 4. The van der Waals surface area contributed by atoms with E-state index < -0.39 is 35.3 Å². The molecule has 2 heterocycles. The number of amides is 1. The minimum atomic E-state index is -4.65. The van der Waals surface area contributed by atoms with Crippen LogP contribution in [-0.4, -0.2) is 37.7 Å². The number of benzene rings is 1. The van der Waals surface area contributed by atoms with E-state index in [-0.39, 0.29) is 34.0 Å². The maximum absolute atomic E-state index is 13.6. The highest BCUT2D eigenvalue weighted by Crippen LogP contribution is 2.57. The number of halogens is 5. The second-order valence-electron chi connectivity index (χ2n) is 9.47. The molecule has 3 saturated carbocycles. The fourth-order valence-corrected chi connectivity index (χ4v) is 5.07. The minimum Gasteiger partial charge on any atom is -0.503 e. The van der Waals surface area contributed by atoms with E-state index in [1.165, 1.54) is 0 Å². The molecule has 1 aromatic carbocycles. The van der Waals surface area contributed by atoms with Crippen LogP contribution < -0.4 is 11.5 Å². The number of aromatic nitrogens is 4. The van der Waals surface area contributed by atoms with E-state index in [0.717, 1.165) is 43.8 Å². The molecule has 3 fully saturated rings. The van der Waals surface area contributed by atoms with Crippen molar-refractivity contribution < 1.29 is 36.4 Å². The summed E-state index contributed by atoms with van der Waals surface area (Å²) in [6.45, 7) is 0.326. The molecule has 2 bridgehead atoms. The highest BCUT2D eigenvalue weighted by atomic mass is 19.4. The Hall–Kier alpha value is -3.68. The van der Waals surface area contributed by atoms with E-state index in [1.807, 2.05) is 0 Å². The van der Waals surface area contributed by atoms with Crippen LogP contribution in [0.25, 0.3) is 11.5 Å². The van der Waals surface area contributed by atoms with Gasteiger partial charge in [-0.15, -0.1) is 0 Å². The molecule has 3 aliphatic carbocycles. The largest absolute Gasteiger partial charge is 0.503 e. The van der Waals surface area contributed by atoms with Crippen LogP contribution in [0.2, 0.25) is 0 Å². The van der Waals surface area contributed by atoms with E-state index in [4.69, 9.17) is 4.52 Å². The predicted molar refractivity (Wildman–Crippen MR) is 118 cm³/mol. The van der Waals surface area contributed by atoms with E-state index in [1.54, 1.807) is 0 Å². The van der Waals surface area contributed by atoms with Gasteiger partial charge in [0.25, 0.3) is 11.8 Å². The maximum atomic E-state index is 13.6. The highest BCUT2D eigenvalue weighted by molar-refractivity contribution is 5.94. The molecule has 5 N–H and O–H groups in total. The molecule has 9 nitrogen and oxygen atoms in total. The SMILES string of the molecule is N.O=C(NCC12CCC(c3noc(-c4cnc(C(F)(F)F)nc4)n3)(CC1)CC2)c1cc(F)c(O)c(F)c1. The van der Waals surface area contributed by atoms with Crippen molar-refractivity contribution in [1.82, 2.24) is 31.6 Å². The third-order valence-electron chi connectivity index (χ3n) is 7.36. The number of phenolic OH excluding ortho intramolecular Hbond substituents is 1. The summed E-state index contributed by atoms with van der Waals surface area (Å²) in [5, 5.41) is 16.1. The fraction of sp³-hybridized carbons (Fsp3) is 0.435. The van der Waals surface area contributed by atoms with Crippen LogP contribution in [-0.2, 0) is 11.6 Å². The third kappa shape index (κ3) is 4.84. The zero-order valence-electron chi connectivity index (χ0n) is 19.4. The zero-order valence-corrected chi connectivity index (χ0v) is 19.4. The molecule has 3 aromatic rings. The number of phenols is 1. The monoisotopic (exact) mass is 526 g/mol. The number of aromatic hydroxyl groups is 1. The number of rotatable bonds is 5. The van der Waals surface area contributed by atoms with Crippen molar-refractivity contribution in [2.24, 2.45) is 5.41 Å². The van der Waals surface area contributed by atoms with Gasteiger partial charge in [-0.25, -0.2) is 18.7 Å². The van der Waals surface area contributed by atoms with Crippen LogP contribution in [0.3, 0.4) is 0 Å². The van der Waals surface area contributed by atoms with Gasteiger partial charge in [-0.05, 0) is 56.1 Å². The number of alkyl halides is 3. The van der Waals surface area contributed by atoms with Gasteiger partial charge in [0.2, 0.25) is 5.82 Å². The standard InChI is InChI=1S/C23H20F5N5O3.H3N/c24-14-7-12(8-15(25)16(14)34)17(35)31-11-21-1-4-22(5-2-21,6-3-21)19-32-18(36-33-19)13-9-29-20(30-10-13)23(26,27)28;/h7-10,34H,1-6,11H2,(H,31,35);1H3. The summed E-state index contributed by atoms with van der Waals surface area (Å²) in [6.07, 6.45) is 1.73. The summed E-state index contributed by atoms with van der Waals surface area (Å²) in [4.78, 5) is 23.5. The average Bonchev–Trinajstić information content (AvgIpc) is 3.38. The van der Waals surface area contributed by atoms with Crippen molar-refractivity contribution in [3.63, 3.8) is 0 Å². The lowest BCUT2D eigenvalue weighted by molar-refractivity contribution is -0.145. The Bertz CT molecular complexity index is 1260. The quantitative estimate of drug-likeness (QED) is 0.405. The van der Waals surface area contributed by atoms with Crippen LogP contribution in [0.4, 0.5) is 22.0 Å². The van der Waals surface area contributed by atoms with E-state index in [0.29, 0.717) is 31.6 Å². The van der Waals surface area contributed by atoms with Crippen LogP contribution in [0.15, 0.2) is 29.0 Å². The zero-order chi connectivity index (χ0) is 25.7.